The van der Waals surface area contributed by atoms with Crippen molar-refractivity contribution in [2.75, 3.05) is 6.61 Å². The van der Waals surface area contributed by atoms with E-state index in [4.69, 9.17) is 16.3 Å². The minimum atomic E-state index is -0.104. The average molecular weight is 357 g/mol. The smallest absolute Gasteiger partial charge is 0.127 e. The van der Waals surface area contributed by atoms with Crippen molar-refractivity contribution >= 4 is 26.3 Å². The Balaban J connectivity index is 2.46. The van der Waals surface area contributed by atoms with Crippen LogP contribution in [0.15, 0.2) is 55.1 Å². The van der Waals surface area contributed by atoms with E-state index >= 15 is 0 Å². The molecule has 0 spiro atoms. The summed E-state index contributed by atoms with van der Waals surface area (Å²) >= 11 is 6.83. The lowest BCUT2D eigenvalue weighted by Crippen LogP contribution is -2.21. The highest BCUT2D eigenvalue weighted by atomic mass is 35.5. The molecule has 126 valence electrons. The highest BCUT2D eigenvalue weighted by Crippen LogP contribution is 2.39. The standard InChI is InChI=1S/C21H25ClOSi/c1-6-12-23-19-17(13-15(2)14-18(19)21(3,4)5)20(22)24-16-10-8-7-9-11-16/h6-11,13-14,20H,1,12H2,2-5H3. The van der Waals surface area contributed by atoms with Crippen LogP contribution in [0.2, 0.25) is 0 Å². The van der Waals surface area contributed by atoms with Gasteiger partial charge < -0.3 is 4.74 Å². The van der Waals surface area contributed by atoms with Gasteiger partial charge in [0.15, 0.2) is 0 Å². The number of ether oxygens (including phenoxy) is 1. The summed E-state index contributed by atoms with van der Waals surface area (Å²) in [5.41, 5.74) is 3.47. The van der Waals surface area contributed by atoms with Gasteiger partial charge in [0, 0.05) is 11.1 Å². The van der Waals surface area contributed by atoms with Gasteiger partial charge in [-0.1, -0.05) is 86.6 Å². The monoisotopic (exact) mass is 356 g/mol. The molecule has 0 N–H and O–H groups in total. The zero-order valence-electron chi connectivity index (χ0n) is 14.9. The molecule has 3 heteroatoms. The molecule has 1 unspecified atom stereocenters. The summed E-state index contributed by atoms with van der Waals surface area (Å²) in [6, 6.07) is 14.7. The van der Waals surface area contributed by atoms with Crippen LogP contribution in [0.25, 0.3) is 0 Å². The van der Waals surface area contributed by atoms with Crippen molar-refractivity contribution in [3.63, 3.8) is 0 Å². The summed E-state index contributed by atoms with van der Waals surface area (Å²) in [7, 11) is 0.493. The number of aryl methyl sites for hydroxylation is 1. The first kappa shape index (κ1) is 18.8. The van der Waals surface area contributed by atoms with E-state index in [-0.39, 0.29) is 10.4 Å². The maximum Gasteiger partial charge on any atom is 0.127 e. The zero-order chi connectivity index (χ0) is 17.7. The van der Waals surface area contributed by atoms with E-state index in [1.165, 1.54) is 16.3 Å². The fraction of sp³-hybridized carbons (Fsp3) is 0.333. The molecule has 0 aliphatic heterocycles. The third kappa shape index (κ3) is 4.75. The second-order valence-electron chi connectivity index (χ2n) is 6.95. The number of alkyl halides is 1. The second kappa shape index (κ2) is 8.04. The molecule has 0 heterocycles. The molecule has 2 rings (SSSR count). The van der Waals surface area contributed by atoms with Gasteiger partial charge in [-0.15, -0.1) is 11.6 Å². The molecule has 2 aromatic carbocycles. The molecule has 2 radical (unpaired) electrons. The molecule has 0 aromatic heterocycles. The van der Waals surface area contributed by atoms with Crippen LogP contribution in [0.5, 0.6) is 5.75 Å². The number of hydrogen-bond donors (Lipinski definition) is 0. The maximum atomic E-state index is 6.83. The molecule has 0 aliphatic rings. The van der Waals surface area contributed by atoms with Gasteiger partial charge in [0.25, 0.3) is 0 Å². The van der Waals surface area contributed by atoms with E-state index in [1.54, 1.807) is 6.08 Å². The largest absolute Gasteiger partial charge is 0.489 e. The second-order valence-corrected chi connectivity index (χ2v) is 9.20. The van der Waals surface area contributed by atoms with Gasteiger partial charge in [-0.2, -0.15) is 0 Å². The van der Waals surface area contributed by atoms with Crippen molar-refractivity contribution in [2.45, 2.75) is 38.1 Å². The number of hydrogen-bond acceptors (Lipinski definition) is 1. The topological polar surface area (TPSA) is 9.23 Å². The van der Waals surface area contributed by atoms with Gasteiger partial charge in [-0.25, -0.2) is 0 Å². The van der Waals surface area contributed by atoms with E-state index in [1.807, 2.05) is 6.07 Å². The van der Waals surface area contributed by atoms with E-state index in [0.29, 0.717) is 16.1 Å². The molecular weight excluding hydrogens is 332 g/mol. The van der Waals surface area contributed by atoms with Gasteiger partial charge >= 0.3 is 0 Å². The molecule has 1 nitrogen and oxygen atoms in total. The number of halogens is 1. The molecule has 1 atom stereocenters. The molecule has 0 saturated heterocycles. The lowest BCUT2D eigenvalue weighted by Gasteiger charge is -2.27. The lowest BCUT2D eigenvalue weighted by molar-refractivity contribution is 0.347. The Bertz CT molecular complexity index is 689. The van der Waals surface area contributed by atoms with Gasteiger partial charge in [0.05, 0.1) is 5.00 Å². The average Bonchev–Trinajstić information content (AvgIpc) is 2.53. The summed E-state index contributed by atoms with van der Waals surface area (Å²) < 4.78 is 6.06. The molecule has 0 aliphatic carbocycles. The number of benzene rings is 2. The van der Waals surface area contributed by atoms with Crippen LogP contribution in [-0.2, 0) is 5.41 Å². The molecule has 24 heavy (non-hydrogen) atoms. The van der Waals surface area contributed by atoms with E-state index < -0.39 is 0 Å². The van der Waals surface area contributed by atoms with Crippen LogP contribution in [0.3, 0.4) is 0 Å². The Morgan fingerprint density at radius 1 is 1.21 bits per heavy atom. The quantitative estimate of drug-likeness (QED) is 0.396. The summed E-state index contributed by atoms with van der Waals surface area (Å²) in [6.07, 6.45) is 1.78. The Hall–Kier alpha value is -1.51. The third-order valence-corrected chi connectivity index (χ3v) is 5.55. The van der Waals surface area contributed by atoms with Crippen LogP contribution in [-0.4, -0.2) is 16.1 Å². The lowest BCUT2D eigenvalue weighted by atomic mass is 9.84. The van der Waals surface area contributed by atoms with Crippen LogP contribution in [0.1, 0.15) is 42.5 Å². The van der Waals surface area contributed by atoms with Crippen LogP contribution in [0, 0.1) is 6.92 Å². The number of rotatable bonds is 6. The Labute approximate surface area is 153 Å². The maximum absolute atomic E-state index is 6.83. The first-order valence-corrected chi connectivity index (χ1v) is 9.68. The highest BCUT2D eigenvalue weighted by molar-refractivity contribution is 6.64. The first-order chi connectivity index (χ1) is 11.3. The van der Waals surface area contributed by atoms with Crippen molar-refractivity contribution in [1.82, 2.24) is 0 Å². The van der Waals surface area contributed by atoms with E-state index in [2.05, 4.69) is 70.7 Å². The normalized spacial score (nSPS) is 12.7. The van der Waals surface area contributed by atoms with Crippen molar-refractivity contribution in [3.05, 3.63) is 71.8 Å². The summed E-state index contributed by atoms with van der Waals surface area (Å²) in [5, 5.41) is 1.15. The van der Waals surface area contributed by atoms with E-state index in [9.17, 15) is 0 Å². The first-order valence-electron chi connectivity index (χ1n) is 8.17. The van der Waals surface area contributed by atoms with Crippen LogP contribution >= 0.6 is 11.6 Å². The van der Waals surface area contributed by atoms with Gasteiger partial charge in [0.2, 0.25) is 0 Å². The van der Waals surface area contributed by atoms with Crippen LogP contribution < -0.4 is 9.92 Å². The minimum absolute atomic E-state index is 0.0102. The summed E-state index contributed by atoms with van der Waals surface area (Å²) in [4.78, 5) is 0. The molecule has 0 saturated carbocycles. The van der Waals surface area contributed by atoms with Crippen molar-refractivity contribution in [2.24, 2.45) is 0 Å². The predicted molar refractivity (Wildman–Crippen MR) is 106 cm³/mol. The van der Waals surface area contributed by atoms with Crippen LogP contribution in [0.4, 0.5) is 0 Å². The Morgan fingerprint density at radius 3 is 2.46 bits per heavy atom. The molecule has 0 bridgehead atoms. The molecule has 2 aromatic rings. The Kier molecular flexibility index (Phi) is 6.31. The van der Waals surface area contributed by atoms with E-state index in [0.717, 1.165) is 11.3 Å². The highest BCUT2D eigenvalue weighted by Gasteiger charge is 2.25. The van der Waals surface area contributed by atoms with Crippen molar-refractivity contribution < 1.29 is 4.74 Å². The van der Waals surface area contributed by atoms with Gasteiger partial charge in [0.1, 0.15) is 21.9 Å². The SMILES string of the molecule is C=CCOc1c(C(Cl)[Si]c2ccccc2)cc(C)cc1C(C)(C)C. The predicted octanol–water partition coefficient (Wildman–Crippen LogP) is 5.12. The minimum Gasteiger partial charge on any atom is -0.489 e. The Morgan fingerprint density at radius 2 is 1.88 bits per heavy atom. The third-order valence-electron chi connectivity index (χ3n) is 3.76. The molecule has 0 fully saturated rings. The summed E-state index contributed by atoms with van der Waals surface area (Å²) in [6.45, 7) is 13.0. The fourth-order valence-electron chi connectivity index (χ4n) is 2.61. The zero-order valence-corrected chi connectivity index (χ0v) is 16.7. The fourth-order valence-corrected chi connectivity index (χ4v) is 4.20. The van der Waals surface area contributed by atoms with Crippen molar-refractivity contribution in [3.8, 4) is 5.75 Å². The molecule has 0 amide bonds. The molecular formula is C21H25ClOSi. The van der Waals surface area contributed by atoms with Crippen molar-refractivity contribution in [1.29, 1.82) is 0 Å². The van der Waals surface area contributed by atoms with Gasteiger partial charge in [-0.05, 0) is 12.3 Å². The van der Waals surface area contributed by atoms with Gasteiger partial charge in [-0.3, -0.25) is 0 Å². The summed E-state index contributed by atoms with van der Waals surface area (Å²) in [5.74, 6) is 0.913.